The molecule has 1 unspecified atom stereocenters. The minimum absolute atomic E-state index is 0.0669. The van der Waals surface area contributed by atoms with Gasteiger partial charge in [0, 0.05) is 38.4 Å². The maximum absolute atomic E-state index is 13.1. The van der Waals surface area contributed by atoms with Crippen LogP contribution in [0.5, 0.6) is 0 Å². The number of likely N-dealkylation sites (tertiary alicyclic amines) is 1. The Morgan fingerprint density at radius 3 is 2.54 bits per heavy atom. The Labute approximate surface area is 159 Å². The summed E-state index contributed by atoms with van der Waals surface area (Å²) in [6, 6.07) is 0.275. The van der Waals surface area contributed by atoms with Crippen molar-refractivity contribution in [2.45, 2.75) is 45.7 Å². The maximum Gasteiger partial charge on any atom is 0.239 e. The second-order valence-electron chi connectivity index (χ2n) is 8.29. The molecule has 2 heterocycles. The van der Waals surface area contributed by atoms with E-state index in [1.165, 1.54) is 12.0 Å². The molecule has 0 aromatic carbocycles. The predicted molar refractivity (Wildman–Crippen MR) is 106 cm³/mol. The molecular weight excluding hydrogens is 326 g/mol. The number of amides is 1. The third kappa shape index (κ3) is 4.65. The number of nitrogens with zero attached hydrogens (tertiary/aromatic N) is 5. The van der Waals surface area contributed by atoms with E-state index >= 15 is 0 Å². The first-order chi connectivity index (χ1) is 12.3. The highest BCUT2D eigenvalue weighted by molar-refractivity contribution is 5.81. The average molecular weight is 364 g/mol. The maximum atomic E-state index is 13.1. The fourth-order valence-electron chi connectivity index (χ4n) is 4.54. The largest absolute Gasteiger partial charge is 0.344 e. The molecule has 148 valence electrons. The Bertz CT molecular complexity index is 575. The molecule has 2 rings (SSSR count). The summed E-state index contributed by atoms with van der Waals surface area (Å²) in [4.78, 5) is 19.6. The Morgan fingerprint density at radius 1 is 1.35 bits per heavy atom. The second kappa shape index (κ2) is 9.00. The zero-order valence-electron chi connectivity index (χ0n) is 17.6. The van der Waals surface area contributed by atoms with Gasteiger partial charge in [0.15, 0.2) is 0 Å². The zero-order valence-corrected chi connectivity index (χ0v) is 17.6. The van der Waals surface area contributed by atoms with Gasteiger partial charge in [-0.2, -0.15) is 5.10 Å². The molecule has 1 amide bonds. The molecule has 3 atom stereocenters. The fraction of sp³-hybridized carbons (Fsp3) is 0.800. The number of piperidine rings is 1. The predicted octanol–water partition coefficient (Wildman–Crippen LogP) is 2.24. The Morgan fingerprint density at radius 2 is 2.04 bits per heavy atom. The van der Waals surface area contributed by atoms with Crippen LogP contribution in [0.4, 0.5) is 0 Å². The van der Waals surface area contributed by atoms with Crippen molar-refractivity contribution in [2.24, 2.45) is 18.9 Å². The number of rotatable bonds is 7. The van der Waals surface area contributed by atoms with Crippen LogP contribution in [0.1, 0.15) is 45.2 Å². The summed E-state index contributed by atoms with van der Waals surface area (Å²) in [5.41, 5.74) is 1.27. The summed E-state index contributed by atoms with van der Waals surface area (Å²) in [7, 11) is 7.92. The van der Waals surface area contributed by atoms with Gasteiger partial charge in [0.2, 0.25) is 5.91 Å². The molecule has 0 radical (unpaired) electrons. The molecule has 0 spiro atoms. The molecule has 1 aliphatic rings. The van der Waals surface area contributed by atoms with Crippen LogP contribution in [0, 0.1) is 11.8 Å². The molecular formula is C20H37N5O. The van der Waals surface area contributed by atoms with Gasteiger partial charge in [0.25, 0.3) is 0 Å². The van der Waals surface area contributed by atoms with Gasteiger partial charge in [0.1, 0.15) is 0 Å². The van der Waals surface area contributed by atoms with E-state index < -0.39 is 0 Å². The van der Waals surface area contributed by atoms with Crippen LogP contribution in [-0.2, 0) is 11.8 Å². The van der Waals surface area contributed by atoms with E-state index in [1.807, 2.05) is 48.9 Å². The van der Waals surface area contributed by atoms with Crippen molar-refractivity contribution >= 4 is 5.91 Å². The summed E-state index contributed by atoms with van der Waals surface area (Å²) >= 11 is 0. The van der Waals surface area contributed by atoms with Gasteiger partial charge < -0.3 is 4.90 Å². The normalized spacial score (nSPS) is 22.8. The standard InChI is InChI=1S/C20H37N5O/c1-8-25-11-9-10-16(19(25)17-12-21-24(7)14-17)13-23(6)20(26)18(15(2)3)22(4)5/h12,14-16,18-19H,8-11,13H2,1-7H3/t16-,18?,19+/m0/s1. The lowest BCUT2D eigenvalue weighted by Gasteiger charge is -2.42. The second-order valence-corrected chi connectivity index (χ2v) is 8.29. The number of aromatic nitrogens is 2. The molecule has 1 fully saturated rings. The lowest BCUT2D eigenvalue weighted by molar-refractivity contribution is -0.137. The monoisotopic (exact) mass is 363 g/mol. The van der Waals surface area contributed by atoms with Crippen molar-refractivity contribution < 1.29 is 4.79 Å². The van der Waals surface area contributed by atoms with Crippen LogP contribution in [0.25, 0.3) is 0 Å². The third-order valence-corrected chi connectivity index (χ3v) is 5.66. The van der Waals surface area contributed by atoms with E-state index in [0.717, 1.165) is 26.1 Å². The van der Waals surface area contributed by atoms with Crippen molar-refractivity contribution in [3.8, 4) is 0 Å². The first-order valence-electron chi connectivity index (χ1n) is 9.90. The van der Waals surface area contributed by atoms with Gasteiger partial charge in [-0.1, -0.05) is 20.8 Å². The van der Waals surface area contributed by atoms with Crippen LogP contribution in [0.2, 0.25) is 0 Å². The molecule has 1 aromatic heterocycles. The number of hydrogen-bond acceptors (Lipinski definition) is 4. The Kier molecular flexibility index (Phi) is 7.24. The lowest BCUT2D eigenvalue weighted by Crippen LogP contribution is -2.50. The molecule has 6 heteroatoms. The van der Waals surface area contributed by atoms with Crippen molar-refractivity contribution in [1.82, 2.24) is 24.5 Å². The number of hydrogen-bond donors (Lipinski definition) is 0. The van der Waals surface area contributed by atoms with E-state index in [0.29, 0.717) is 17.9 Å². The quantitative estimate of drug-likeness (QED) is 0.745. The molecule has 6 nitrogen and oxygen atoms in total. The summed E-state index contributed by atoms with van der Waals surface area (Å²) in [6.07, 6.45) is 6.47. The first-order valence-corrected chi connectivity index (χ1v) is 9.90. The SMILES string of the molecule is CCN1CCC[C@@H](CN(C)C(=O)C(C(C)C)N(C)C)[C@@H]1c1cnn(C)c1. The van der Waals surface area contributed by atoms with Gasteiger partial charge in [-0.15, -0.1) is 0 Å². The van der Waals surface area contributed by atoms with Crippen molar-refractivity contribution in [3.05, 3.63) is 18.0 Å². The zero-order chi connectivity index (χ0) is 19.4. The number of carbonyl (C=O) groups is 1. The molecule has 1 aliphatic heterocycles. The highest BCUT2D eigenvalue weighted by Gasteiger charge is 2.35. The Balaban J connectivity index is 2.17. The number of likely N-dealkylation sites (N-methyl/N-ethyl adjacent to an activating group) is 2. The molecule has 1 aromatic rings. The van der Waals surface area contributed by atoms with E-state index in [9.17, 15) is 4.79 Å². The van der Waals surface area contributed by atoms with Crippen LogP contribution in [-0.4, -0.2) is 77.2 Å². The topological polar surface area (TPSA) is 44.6 Å². The van der Waals surface area contributed by atoms with Crippen molar-refractivity contribution in [1.29, 1.82) is 0 Å². The van der Waals surface area contributed by atoms with Crippen LogP contribution < -0.4 is 0 Å². The minimum atomic E-state index is -0.0669. The van der Waals surface area contributed by atoms with Crippen molar-refractivity contribution in [2.75, 3.05) is 40.8 Å². The molecule has 0 N–H and O–H groups in total. The van der Waals surface area contributed by atoms with E-state index in [1.54, 1.807) is 0 Å². The summed E-state index contributed by atoms with van der Waals surface area (Å²) < 4.78 is 1.88. The first kappa shape index (κ1) is 20.9. The Hall–Kier alpha value is -1.40. The highest BCUT2D eigenvalue weighted by Crippen LogP contribution is 2.36. The van der Waals surface area contributed by atoms with E-state index in [2.05, 4.69) is 37.0 Å². The van der Waals surface area contributed by atoms with Gasteiger partial charge in [-0.25, -0.2) is 0 Å². The van der Waals surface area contributed by atoms with Gasteiger partial charge in [0.05, 0.1) is 12.2 Å². The highest BCUT2D eigenvalue weighted by atomic mass is 16.2. The van der Waals surface area contributed by atoms with Gasteiger partial charge in [-0.3, -0.25) is 19.3 Å². The third-order valence-electron chi connectivity index (χ3n) is 5.66. The molecule has 26 heavy (non-hydrogen) atoms. The number of carbonyl (C=O) groups excluding carboxylic acids is 1. The molecule has 0 saturated carbocycles. The van der Waals surface area contributed by atoms with Crippen LogP contribution >= 0.6 is 0 Å². The van der Waals surface area contributed by atoms with Crippen LogP contribution in [0.3, 0.4) is 0 Å². The molecule has 0 bridgehead atoms. The average Bonchev–Trinajstić information content (AvgIpc) is 2.99. The van der Waals surface area contributed by atoms with Gasteiger partial charge >= 0.3 is 0 Å². The fourth-order valence-corrected chi connectivity index (χ4v) is 4.54. The minimum Gasteiger partial charge on any atom is -0.344 e. The lowest BCUT2D eigenvalue weighted by atomic mass is 9.85. The molecule has 1 saturated heterocycles. The smallest absolute Gasteiger partial charge is 0.239 e. The summed E-state index contributed by atoms with van der Waals surface area (Å²) in [5.74, 6) is 0.966. The number of aryl methyl sites for hydroxylation is 1. The summed E-state index contributed by atoms with van der Waals surface area (Å²) in [6.45, 7) is 9.41. The molecule has 0 aliphatic carbocycles. The van der Waals surface area contributed by atoms with Gasteiger partial charge in [-0.05, 0) is 51.9 Å². The van der Waals surface area contributed by atoms with E-state index in [4.69, 9.17) is 0 Å². The van der Waals surface area contributed by atoms with E-state index in [-0.39, 0.29) is 11.9 Å². The van der Waals surface area contributed by atoms with Crippen LogP contribution in [0.15, 0.2) is 12.4 Å². The summed E-state index contributed by atoms with van der Waals surface area (Å²) in [5, 5.41) is 4.39. The van der Waals surface area contributed by atoms with Crippen molar-refractivity contribution in [3.63, 3.8) is 0 Å².